The molecule has 8 heteroatoms. The molecule has 0 bridgehead atoms. The summed E-state index contributed by atoms with van der Waals surface area (Å²) in [7, 11) is 0. The molecule has 35 heavy (non-hydrogen) atoms. The number of hydrogen-bond donors (Lipinski definition) is 2. The summed E-state index contributed by atoms with van der Waals surface area (Å²) in [6.07, 6.45) is 0.941. The van der Waals surface area contributed by atoms with Crippen molar-refractivity contribution in [2.45, 2.75) is 39.5 Å². The van der Waals surface area contributed by atoms with Gasteiger partial charge in [0, 0.05) is 28.6 Å². The van der Waals surface area contributed by atoms with Crippen LogP contribution in [0, 0.1) is 23.7 Å². The van der Waals surface area contributed by atoms with Crippen LogP contribution in [-0.2, 0) is 14.3 Å². The Hall–Kier alpha value is -3.57. The van der Waals surface area contributed by atoms with Crippen LogP contribution in [0.1, 0.15) is 43.7 Å². The molecule has 0 saturated carbocycles. The standard InChI is InChI=1S/C27H26BrN3O4/c1-15-10-17(6-9-20(15)28)31-23(33)14-34-18-7-4-16(5-8-18)24-19(13-29)26(30)35-22-12-27(2,3)11-21(32)25(22)24/h4-10,24H,11-12,14,30H2,1-3H3,(H,31,33). The number of carbonyl (C=O) groups is 2. The van der Waals surface area contributed by atoms with Crippen LogP contribution in [0.5, 0.6) is 5.75 Å². The quantitative estimate of drug-likeness (QED) is 0.541. The number of benzene rings is 2. The molecular formula is C27H26BrN3O4. The molecule has 1 heterocycles. The molecule has 1 amide bonds. The number of Topliss-reactive ketones (excluding diaryl/α,β-unsaturated/α-hetero) is 1. The first-order chi connectivity index (χ1) is 16.6. The van der Waals surface area contributed by atoms with E-state index in [2.05, 4.69) is 27.3 Å². The van der Waals surface area contributed by atoms with Gasteiger partial charge in [-0.25, -0.2) is 0 Å². The molecule has 0 radical (unpaired) electrons. The number of hydrogen-bond acceptors (Lipinski definition) is 6. The van der Waals surface area contributed by atoms with E-state index in [1.807, 2.05) is 32.9 Å². The maximum Gasteiger partial charge on any atom is 0.262 e. The molecule has 0 spiro atoms. The van der Waals surface area contributed by atoms with Gasteiger partial charge in [0.1, 0.15) is 23.2 Å². The lowest BCUT2D eigenvalue weighted by Gasteiger charge is -2.37. The molecule has 7 nitrogen and oxygen atoms in total. The zero-order valence-electron chi connectivity index (χ0n) is 19.8. The highest BCUT2D eigenvalue weighted by molar-refractivity contribution is 9.10. The first-order valence-electron chi connectivity index (χ1n) is 11.2. The van der Waals surface area contributed by atoms with Crippen molar-refractivity contribution in [1.29, 1.82) is 5.26 Å². The van der Waals surface area contributed by atoms with Gasteiger partial charge in [-0.2, -0.15) is 5.26 Å². The first-order valence-corrected chi connectivity index (χ1v) is 12.0. The number of allylic oxidation sites excluding steroid dienone is 3. The van der Waals surface area contributed by atoms with Gasteiger partial charge in [0.2, 0.25) is 5.88 Å². The zero-order chi connectivity index (χ0) is 25.3. The SMILES string of the molecule is Cc1cc(NC(=O)COc2ccc(C3C(C#N)=C(N)OC4=C3C(=O)CC(C)(C)C4)cc2)ccc1Br. The second-order valence-electron chi connectivity index (χ2n) is 9.57. The minimum absolute atomic E-state index is 0.0296. The van der Waals surface area contributed by atoms with Crippen LogP contribution in [0.3, 0.4) is 0 Å². The van der Waals surface area contributed by atoms with Crippen LogP contribution in [0.2, 0.25) is 0 Å². The third-order valence-corrected chi connectivity index (χ3v) is 6.99. The molecule has 1 atom stereocenters. The minimum Gasteiger partial charge on any atom is -0.484 e. The maximum atomic E-state index is 13.0. The molecule has 0 fully saturated rings. The molecule has 1 aliphatic heterocycles. The van der Waals surface area contributed by atoms with E-state index >= 15 is 0 Å². The Morgan fingerprint density at radius 1 is 1.26 bits per heavy atom. The summed E-state index contributed by atoms with van der Waals surface area (Å²) in [5, 5.41) is 12.6. The Bertz CT molecular complexity index is 1300. The lowest BCUT2D eigenvalue weighted by Crippen LogP contribution is -2.33. The average molecular weight is 536 g/mol. The zero-order valence-corrected chi connectivity index (χ0v) is 21.4. The van der Waals surface area contributed by atoms with E-state index in [0.29, 0.717) is 35.6 Å². The number of halogens is 1. The number of nitrogens with two attached hydrogens (primary N) is 1. The van der Waals surface area contributed by atoms with Gasteiger partial charge in [0.05, 0.1) is 5.92 Å². The number of ketones is 1. The van der Waals surface area contributed by atoms with E-state index in [1.54, 1.807) is 30.3 Å². The largest absolute Gasteiger partial charge is 0.484 e. The highest BCUT2D eigenvalue weighted by atomic mass is 79.9. The Morgan fingerprint density at radius 3 is 2.63 bits per heavy atom. The lowest BCUT2D eigenvalue weighted by molar-refractivity contribution is -0.119. The van der Waals surface area contributed by atoms with Crippen molar-refractivity contribution in [3.05, 3.63) is 80.9 Å². The number of anilines is 1. The van der Waals surface area contributed by atoms with Gasteiger partial charge in [-0.15, -0.1) is 0 Å². The van der Waals surface area contributed by atoms with Crippen LogP contribution in [-0.4, -0.2) is 18.3 Å². The van der Waals surface area contributed by atoms with Gasteiger partial charge < -0.3 is 20.5 Å². The van der Waals surface area contributed by atoms with Gasteiger partial charge in [-0.1, -0.05) is 41.9 Å². The summed E-state index contributed by atoms with van der Waals surface area (Å²) in [6, 6.07) is 14.7. The third-order valence-electron chi connectivity index (χ3n) is 6.10. The number of aryl methyl sites for hydroxylation is 1. The molecule has 2 aromatic rings. The van der Waals surface area contributed by atoms with Gasteiger partial charge in [0.25, 0.3) is 5.91 Å². The van der Waals surface area contributed by atoms with E-state index in [-0.39, 0.29) is 35.2 Å². The topological polar surface area (TPSA) is 114 Å². The molecule has 3 N–H and O–H groups in total. The van der Waals surface area contributed by atoms with Crippen LogP contribution in [0.15, 0.2) is 69.7 Å². The Kier molecular flexibility index (Phi) is 6.73. The molecule has 1 unspecified atom stereocenters. The maximum absolute atomic E-state index is 13.0. The lowest BCUT2D eigenvalue weighted by atomic mass is 9.70. The molecule has 2 aromatic carbocycles. The number of rotatable bonds is 5. The van der Waals surface area contributed by atoms with Crippen molar-refractivity contribution in [1.82, 2.24) is 0 Å². The van der Waals surface area contributed by atoms with E-state index in [4.69, 9.17) is 15.2 Å². The monoisotopic (exact) mass is 535 g/mol. The Morgan fingerprint density at radius 2 is 1.97 bits per heavy atom. The number of nitrogens with one attached hydrogen (secondary N) is 1. The van der Waals surface area contributed by atoms with E-state index < -0.39 is 5.92 Å². The van der Waals surface area contributed by atoms with Gasteiger partial charge >= 0.3 is 0 Å². The summed E-state index contributed by atoms with van der Waals surface area (Å²) < 4.78 is 12.3. The van der Waals surface area contributed by atoms with E-state index in [1.165, 1.54) is 0 Å². The summed E-state index contributed by atoms with van der Waals surface area (Å²) in [5.74, 6) is 0.137. The van der Waals surface area contributed by atoms with Crippen molar-refractivity contribution in [2.75, 3.05) is 11.9 Å². The third kappa shape index (κ3) is 5.25. The molecule has 1 aliphatic carbocycles. The summed E-state index contributed by atoms with van der Waals surface area (Å²) in [5.41, 5.74) is 8.97. The van der Waals surface area contributed by atoms with Crippen LogP contribution >= 0.6 is 15.9 Å². The fraction of sp³-hybridized carbons (Fsp3) is 0.296. The highest BCUT2D eigenvalue weighted by Crippen LogP contribution is 2.47. The summed E-state index contributed by atoms with van der Waals surface area (Å²) >= 11 is 3.44. The molecular weight excluding hydrogens is 510 g/mol. The van der Waals surface area contributed by atoms with Crippen molar-refractivity contribution in [3.8, 4) is 11.8 Å². The molecule has 0 aromatic heterocycles. The van der Waals surface area contributed by atoms with Crippen molar-refractivity contribution >= 4 is 33.3 Å². The second-order valence-corrected chi connectivity index (χ2v) is 10.4. The predicted molar refractivity (Wildman–Crippen MR) is 135 cm³/mol. The normalized spacial score (nSPS) is 18.9. The molecule has 180 valence electrons. The molecule has 0 saturated heterocycles. The Labute approximate surface area is 212 Å². The van der Waals surface area contributed by atoms with Gasteiger partial charge in [-0.3, -0.25) is 9.59 Å². The average Bonchev–Trinajstić information content (AvgIpc) is 2.79. The number of carbonyl (C=O) groups excluding carboxylic acids is 2. The Balaban J connectivity index is 1.50. The highest BCUT2D eigenvalue weighted by Gasteiger charge is 2.42. The molecule has 4 rings (SSSR count). The second kappa shape index (κ2) is 9.59. The number of nitrogens with zero attached hydrogens (tertiary/aromatic N) is 1. The van der Waals surface area contributed by atoms with Crippen LogP contribution < -0.4 is 15.8 Å². The molecule has 2 aliphatic rings. The van der Waals surface area contributed by atoms with E-state index in [0.717, 1.165) is 15.6 Å². The fourth-order valence-electron chi connectivity index (χ4n) is 4.44. The van der Waals surface area contributed by atoms with Gasteiger partial charge in [0.15, 0.2) is 12.4 Å². The summed E-state index contributed by atoms with van der Waals surface area (Å²) in [4.78, 5) is 25.3. The number of amides is 1. The minimum atomic E-state index is -0.592. The smallest absolute Gasteiger partial charge is 0.262 e. The van der Waals surface area contributed by atoms with Gasteiger partial charge in [-0.05, 0) is 53.8 Å². The fourth-order valence-corrected chi connectivity index (χ4v) is 4.69. The van der Waals surface area contributed by atoms with Crippen molar-refractivity contribution < 1.29 is 19.1 Å². The number of nitriles is 1. The van der Waals surface area contributed by atoms with Crippen molar-refractivity contribution in [3.63, 3.8) is 0 Å². The predicted octanol–water partition coefficient (Wildman–Crippen LogP) is 5.23. The first kappa shape index (κ1) is 24.6. The van der Waals surface area contributed by atoms with E-state index in [9.17, 15) is 14.9 Å². The summed E-state index contributed by atoms with van der Waals surface area (Å²) in [6.45, 7) is 5.79. The van der Waals surface area contributed by atoms with Crippen LogP contribution in [0.4, 0.5) is 5.69 Å². The number of ether oxygens (including phenoxy) is 2. The van der Waals surface area contributed by atoms with Crippen molar-refractivity contribution in [2.24, 2.45) is 11.1 Å². The van der Waals surface area contributed by atoms with Crippen LogP contribution in [0.25, 0.3) is 0 Å².